The Morgan fingerprint density at radius 2 is 0.671 bits per heavy atom. The van der Waals surface area contributed by atoms with E-state index < -0.39 is 10.8 Å². The molecule has 76 heavy (non-hydrogen) atoms. The molecule has 0 amide bonds. The van der Waals surface area contributed by atoms with Gasteiger partial charge in [-0.05, 0) is 139 Å². The zero-order valence-electron chi connectivity index (χ0n) is 41.8. The first-order valence-corrected chi connectivity index (χ1v) is 26.4. The number of hydrogen-bond donors (Lipinski definition) is 0. The molecule has 1 heterocycles. The second-order valence-corrected chi connectivity index (χ2v) is 20.3. The third kappa shape index (κ3) is 6.41. The molecular formula is C74H50N2. The Balaban J connectivity index is 0.937. The lowest BCUT2D eigenvalue weighted by Gasteiger charge is -2.35. The van der Waals surface area contributed by atoms with Crippen LogP contribution >= 0.6 is 0 Å². The molecule has 2 heteroatoms. The third-order valence-electron chi connectivity index (χ3n) is 16.5. The number of fused-ring (bicyclic) bond motifs is 9. The lowest BCUT2D eigenvalue weighted by molar-refractivity contribution is 0.768. The summed E-state index contributed by atoms with van der Waals surface area (Å²) in [6.45, 7) is 0. The van der Waals surface area contributed by atoms with E-state index in [0.717, 1.165) is 33.9 Å². The molecule has 15 rings (SSSR count). The van der Waals surface area contributed by atoms with Crippen molar-refractivity contribution >= 4 is 38.9 Å². The standard InChI is InChI=1S/C74H50N2/c1-5-23-53(24-6-1)73(54-25-7-2-8-26-54)68-37-18-14-33-62(68)66-49-59(45-47-69(66)73)75(57-42-40-51(41-43-57)52-22-21-31-58(48-52)76-71-38-19-15-34-64(71)65-35-16-20-39-72(65)76)60-44-46-63-61-32-13-17-36-67(61)74(70(63)50-60,55-27-9-3-10-28-55)56-29-11-4-12-30-56/h1-50H. The zero-order chi connectivity index (χ0) is 50.2. The molecule has 0 saturated heterocycles. The molecule has 0 radical (unpaired) electrons. The smallest absolute Gasteiger partial charge is 0.0714 e. The van der Waals surface area contributed by atoms with Gasteiger partial charge in [0.25, 0.3) is 0 Å². The molecular weight excluding hydrogens is 917 g/mol. The van der Waals surface area contributed by atoms with Gasteiger partial charge in [0.1, 0.15) is 0 Å². The number of benzene rings is 12. The normalized spacial score (nSPS) is 13.5. The van der Waals surface area contributed by atoms with E-state index in [1.165, 1.54) is 88.6 Å². The molecule has 0 fully saturated rings. The average molecular weight is 967 g/mol. The summed E-state index contributed by atoms with van der Waals surface area (Å²) in [5, 5.41) is 2.52. The molecule has 0 bridgehead atoms. The van der Waals surface area contributed by atoms with Crippen molar-refractivity contribution in [3.05, 3.63) is 348 Å². The van der Waals surface area contributed by atoms with E-state index >= 15 is 0 Å². The van der Waals surface area contributed by atoms with Crippen LogP contribution in [0.5, 0.6) is 0 Å². The lowest BCUT2D eigenvalue weighted by Crippen LogP contribution is -2.28. The Hall–Kier alpha value is -9.76. The zero-order valence-corrected chi connectivity index (χ0v) is 41.8. The first-order chi connectivity index (χ1) is 37.7. The molecule has 356 valence electrons. The maximum atomic E-state index is 2.48. The summed E-state index contributed by atoms with van der Waals surface area (Å²) in [5.74, 6) is 0. The van der Waals surface area contributed by atoms with Gasteiger partial charge in [-0.3, -0.25) is 0 Å². The molecule has 0 N–H and O–H groups in total. The van der Waals surface area contributed by atoms with Crippen molar-refractivity contribution in [2.75, 3.05) is 4.90 Å². The molecule has 0 unspecified atom stereocenters. The maximum Gasteiger partial charge on any atom is 0.0714 e. The number of anilines is 3. The molecule has 13 aromatic rings. The van der Waals surface area contributed by atoms with Crippen LogP contribution in [0.2, 0.25) is 0 Å². The van der Waals surface area contributed by atoms with E-state index in [-0.39, 0.29) is 0 Å². The Morgan fingerprint density at radius 1 is 0.250 bits per heavy atom. The van der Waals surface area contributed by atoms with E-state index in [0.29, 0.717) is 0 Å². The van der Waals surface area contributed by atoms with Gasteiger partial charge in [0.2, 0.25) is 0 Å². The summed E-state index contributed by atoms with van der Waals surface area (Å²) < 4.78 is 2.40. The first-order valence-electron chi connectivity index (χ1n) is 26.4. The van der Waals surface area contributed by atoms with Gasteiger partial charge >= 0.3 is 0 Å². The number of nitrogens with zero attached hydrogens (tertiary/aromatic N) is 2. The molecule has 12 aromatic carbocycles. The van der Waals surface area contributed by atoms with Crippen LogP contribution in [0.3, 0.4) is 0 Å². The van der Waals surface area contributed by atoms with Gasteiger partial charge in [0, 0.05) is 33.5 Å². The number of para-hydroxylation sites is 2. The van der Waals surface area contributed by atoms with Gasteiger partial charge < -0.3 is 9.47 Å². The van der Waals surface area contributed by atoms with Gasteiger partial charge in [0.15, 0.2) is 0 Å². The molecule has 2 nitrogen and oxygen atoms in total. The Bertz CT molecular complexity index is 4190. The predicted octanol–water partition coefficient (Wildman–Crippen LogP) is 18.6. The van der Waals surface area contributed by atoms with Gasteiger partial charge in [0.05, 0.1) is 21.9 Å². The van der Waals surface area contributed by atoms with Gasteiger partial charge in [-0.2, -0.15) is 0 Å². The van der Waals surface area contributed by atoms with E-state index in [2.05, 4.69) is 313 Å². The van der Waals surface area contributed by atoms with Crippen LogP contribution < -0.4 is 4.90 Å². The van der Waals surface area contributed by atoms with E-state index in [1.54, 1.807) is 0 Å². The Labute approximate surface area is 443 Å². The number of rotatable bonds is 9. The lowest BCUT2D eigenvalue weighted by atomic mass is 9.67. The Morgan fingerprint density at radius 3 is 1.24 bits per heavy atom. The van der Waals surface area contributed by atoms with Crippen molar-refractivity contribution in [3.8, 4) is 39.1 Å². The van der Waals surface area contributed by atoms with Crippen molar-refractivity contribution in [3.63, 3.8) is 0 Å². The quantitative estimate of drug-likeness (QED) is 0.140. The van der Waals surface area contributed by atoms with Crippen molar-refractivity contribution in [2.45, 2.75) is 10.8 Å². The highest BCUT2D eigenvalue weighted by atomic mass is 15.1. The van der Waals surface area contributed by atoms with Gasteiger partial charge in [-0.15, -0.1) is 0 Å². The van der Waals surface area contributed by atoms with Crippen LogP contribution in [0.15, 0.2) is 303 Å². The highest BCUT2D eigenvalue weighted by molar-refractivity contribution is 6.09. The number of hydrogen-bond acceptors (Lipinski definition) is 1. The van der Waals surface area contributed by atoms with Crippen molar-refractivity contribution < 1.29 is 0 Å². The van der Waals surface area contributed by atoms with Crippen LogP contribution in [0, 0.1) is 0 Å². The third-order valence-corrected chi connectivity index (χ3v) is 16.5. The molecule has 1 aromatic heterocycles. The minimum atomic E-state index is -0.552. The largest absolute Gasteiger partial charge is 0.310 e. The minimum Gasteiger partial charge on any atom is -0.310 e. The fourth-order valence-electron chi connectivity index (χ4n) is 13.4. The molecule has 0 aliphatic heterocycles. The summed E-state index contributed by atoms with van der Waals surface area (Å²) in [4.78, 5) is 2.48. The van der Waals surface area contributed by atoms with E-state index in [1.807, 2.05) is 0 Å². The molecule has 2 aliphatic rings. The van der Waals surface area contributed by atoms with Crippen LogP contribution in [-0.4, -0.2) is 4.57 Å². The van der Waals surface area contributed by atoms with E-state index in [9.17, 15) is 0 Å². The topological polar surface area (TPSA) is 8.17 Å². The van der Waals surface area contributed by atoms with Crippen LogP contribution in [0.1, 0.15) is 44.5 Å². The van der Waals surface area contributed by atoms with Crippen molar-refractivity contribution in [1.82, 2.24) is 4.57 Å². The summed E-state index contributed by atoms with van der Waals surface area (Å²) in [5.41, 5.74) is 23.2. The fraction of sp³-hybridized carbons (Fsp3) is 0.0270. The second-order valence-electron chi connectivity index (χ2n) is 20.3. The summed E-state index contributed by atoms with van der Waals surface area (Å²) in [7, 11) is 0. The summed E-state index contributed by atoms with van der Waals surface area (Å²) >= 11 is 0. The van der Waals surface area contributed by atoms with Gasteiger partial charge in [-0.25, -0.2) is 0 Å². The average Bonchev–Trinajstić information content (AvgIpc) is 4.27. The molecule has 0 spiro atoms. The summed E-state index contributed by atoms with van der Waals surface area (Å²) in [6, 6.07) is 113. The SMILES string of the molecule is c1ccc(C2(c3ccccc3)c3ccccc3-c3cc(N(c4ccc(-c5cccc(-n6c7ccccc7c7ccccc76)c5)cc4)c4ccc5c(c4)C(c4ccccc4)(c4ccccc4)c4ccccc4-5)ccc32)cc1. The van der Waals surface area contributed by atoms with Crippen LogP contribution in [0.4, 0.5) is 17.1 Å². The molecule has 2 aliphatic carbocycles. The maximum absolute atomic E-state index is 2.48. The highest BCUT2D eigenvalue weighted by Gasteiger charge is 2.48. The second kappa shape index (κ2) is 17.4. The van der Waals surface area contributed by atoms with Crippen LogP contribution in [0.25, 0.3) is 60.9 Å². The fourth-order valence-corrected chi connectivity index (χ4v) is 13.4. The van der Waals surface area contributed by atoms with Gasteiger partial charge in [-0.1, -0.05) is 243 Å². The van der Waals surface area contributed by atoms with E-state index in [4.69, 9.17) is 0 Å². The van der Waals surface area contributed by atoms with Crippen LogP contribution in [-0.2, 0) is 10.8 Å². The number of aromatic nitrogens is 1. The predicted molar refractivity (Wildman–Crippen MR) is 316 cm³/mol. The van der Waals surface area contributed by atoms with Crippen molar-refractivity contribution in [2.24, 2.45) is 0 Å². The highest BCUT2D eigenvalue weighted by Crippen LogP contribution is 2.59. The Kier molecular flexibility index (Phi) is 10.0. The van der Waals surface area contributed by atoms with Crippen molar-refractivity contribution in [1.29, 1.82) is 0 Å². The monoisotopic (exact) mass is 966 g/mol. The summed E-state index contributed by atoms with van der Waals surface area (Å²) in [6.07, 6.45) is 0. The minimum absolute atomic E-state index is 0.502. The molecule has 0 atom stereocenters. The first kappa shape index (κ1) is 43.8. The molecule has 0 saturated carbocycles.